The Morgan fingerprint density at radius 1 is 1.06 bits per heavy atom. The molecule has 6 nitrogen and oxygen atoms in total. The highest BCUT2D eigenvalue weighted by molar-refractivity contribution is 7.13. The molecule has 1 aliphatic heterocycles. The molecule has 2 aromatic carbocycles. The minimum absolute atomic E-state index is 0.150. The van der Waals surface area contributed by atoms with Gasteiger partial charge in [0.1, 0.15) is 5.75 Å². The fraction of sp³-hybridized carbons (Fsp3) is 0.259. The van der Waals surface area contributed by atoms with E-state index in [1.165, 1.54) is 30.3 Å². The number of nitrogens with zero attached hydrogens (tertiary/aromatic N) is 1. The topological polar surface area (TPSA) is 76.1 Å². The number of rotatable bonds is 10. The molecule has 1 aliphatic rings. The Morgan fingerprint density at radius 3 is 2.53 bits per heavy atom. The molecule has 7 heteroatoms. The molecule has 176 valence electrons. The largest absolute Gasteiger partial charge is 0.493 e. The lowest BCUT2D eigenvalue weighted by Gasteiger charge is -2.26. The van der Waals surface area contributed by atoms with Gasteiger partial charge in [-0.2, -0.15) is 0 Å². The highest BCUT2D eigenvalue weighted by Crippen LogP contribution is 2.30. The van der Waals surface area contributed by atoms with E-state index in [-0.39, 0.29) is 11.3 Å². The molecular formula is C27H27NO5S. The molecule has 1 fully saturated rings. The van der Waals surface area contributed by atoms with E-state index < -0.39 is 5.97 Å². The van der Waals surface area contributed by atoms with Gasteiger partial charge in [0.25, 0.3) is 0 Å². The van der Waals surface area contributed by atoms with Crippen LogP contribution in [0.5, 0.6) is 5.75 Å². The summed E-state index contributed by atoms with van der Waals surface area (Å²) in [6.45, 7) is 5.03. The fourth-order valence-corrected chi connectivity index (χ4v) is 4.46. The number of thiophene rings is 1. The van der Waals surface area contributed by atoms with Crippen molar-refractivity contribution >= 4 is 29.2 Å². The zero-order valence-corrected chi connectivity index (χ0v) is 19.6. The molecule has 4 rings (SSSR count). The van der Waals surface area contributed by atoms with Crippen LogP contribution in [0.2, 0.25) is 0 Å². The minimum Gasteiger partial charge on any atom is -0.493 e. The number of carbonyl (C=O) groups is 2. The van der Waals surface area contributed by atoms with Gasteiger partial charge in [-0.15, -0.1) is 11.3 Å². The van der Waals surface area contributed by atoms with Crippen LogP contribution >= 0.6 is 11.3 Å². The van der Waals surface area contributed by atoms with Crippen LogP contribution in [0.25, 0.3) is 16.5 Å². The van der Waals surface area contributed by atoms with E-state index in [9.17, 15) is 9.59 Å². The summed E-state index contributed by atoms with van der Waals surface area (Å²) < 4.78 is 11.5. The number of carboxylic acid groups (broad SMARTS) is 1. The van der Waals surface area contributed by atoms with Gasteiger partial charge in [0.2, 0.25) is 0 Å². The normalized spacial score (nSPS) is 14.4. The van der Waals surface area contributed by atoms with Gasteiger partial charge in [-0.3, -0.25) is 9.69 Å². The molecule has 0 saturated carbocycles. The van der Waals surface area contributed by atoms with Crippen LogP contribution in [0.4, 0.5) is 0 Å². The molecule has 0 spiro atoms. The fourth-order valence-electron chi connectivity index (χ4n) is 3.74. The zero-order chi connectivity index (χ0) is 23.8. The smallest absolute Gasteiger partial charge is 0.335 e. The Hall–Kier alpha value is -3.26. The predicted octanol–water partition coefficient (Wildman–Crippen LogP) is 5.11. The Balaban J connectivity index is 1.46. The molecule has 2 heterocycles. The first-order valence-corrected chi connectivity index (χ1v) is 12.1. The predicted molar refractivity (Wildman–Crippen MR) is 134 cm³/mol. The van der Waals surface area contributed by atoms with E-state index in [1.807, 2.05) is 29.6 Å². The number of carboxylic acids is 1. The molecule has 0 bridgehead atoms. The van der Waals surface area contributed by atoms with Crippen LogP contribution < -0.4 is 4.74 Å². The van der Waals surface area contributed by atoms with Crippen LogP contribution in [0, 0.1) is 0 Å². The van der Waals surface area contributed by atoms with Gasteiger partial charge in [-0.25, -0.2) is 4.79 Å². The standard InChI is InChI=1S/C27H27NO5S/c29-24(20-4-6-21(7-5-20)27(30)31)10-8-22-19-23(26-3-1-18-34-26)9-11-25(22)33-15-2-12-28-13-16-32-17-14-28/h1,3-11,18-19H,2,12-17H2,(H,30,31)/b10-8+. The van der Waals surface area contributed by atoms with Gasteiger partial charge in [-0.05, 0) is 65.9 Å². The molecule has 34 heavy (non-hydrogen) atoms. The zero-order valence-electron chi connectivity index (χ0n) is 18.8. The first-order valence-electron chi connectivity index (χ1n) is 11.3. The minimum atomic E-state index is -1.02. The van der Waals surface area contributed by atoms with E-state index in [4.69, 9.17) is 14.6 Å². The van der Waals surface area contributed by atoms with Crippen molar-refractivity contribution in [3.05, 3.63) is 82.7 Å². The van der Waals surface area contributed by atoms with Crippen LogP contribution in [-0.4, -0.2) is 61.2 Å². The second-order valence-corrected chi connectivity index (χ2v) is 8.91. The Bertz CT molecular complexity index is 1130. The van der Waals surface area contributed by atoms with Gasteiger partial charge in [0.05, 0.1) is 25.4 Å². The molecule has 0 amide bonds. The highest BCUT2D eigenvalue weighted by Gasteiger charge is 2.11. The summed E-state index contributed by atoms with van der Waals surface area (Å²) in [5.41, 5.74) is 2.47. The molecule has 0 atom stereocenters. The van der Waals surface area contributed by atoms with Crippen LogP contribution in [0.15, 0.2) is 66.1 Å². The summed E-state index contributed by atoms with van der Waals surface area (Å²) in [6.07, 6.45) is 4.18. The lowest BCUT2D eigenvalue weighted by atomic mass is 10.0. The Morgan fingerprint density at radius 2 is 1.82 bits per heavy atom. The van der Waals surface area contributed by atoms with Crippen molar-refractivity contribution in [3.8, 4) is 16.2 Å². The number of carbonyl (C=O) groups excluding carboxylic acids is 1. The summed E-state index contributed by atoms with van der Waals surface area (Å²) in [7, 11) is 0. The number of hydrogen-bond donors (Lipinski definition) is 1. The quantitative estimate of drug-likeness (QED) is 0.248. The summed E-state index contributed by atoms with van der Waals surface area (Å²) in [6, 6.07) is 16.0. The van der Waals surface area contributed by atoms with Crippen molar-refractivity contribution in [2.75, 3.05) is 39.5 Å². The average Bonchev–Trinajstić information content (AvgIpc) is 3.41. The first kappa shape index (κ1) is 23.9. The third-order valence-corrected chi connectivity index (χ3v) is 6.55. The maximum absolute atomic E-state index is 12.7. The maximum atomic E-state index is 12.7. The van der Waals surface area contributed by atoms with E-state index in [1.54, 1.807) is 17.4 Å². The van der Waals surface area contributed by atoms with Crippen molar-refractivity contribution in [3.63, 3.8) is 0 Å². The second-order valence-electron chi connectivity index (χ2n) is 7.97. The summed E-state index contributed by atoms with van der Waals surface area (Å²) in [5, 5.41) is 11.1. The summed E-state index contributed by atoms with van der Waals surface area (Å²) in [5.74, 6) is -0.486. The van der Waals surface area contributed by atoms with Crippen molar-refractivity contribution < 1.29 is 24.2 Å². The number of morpholine rings is 1. The number of aromatic carboxylic acids is 1. The van der Waals surface area contributed by atoms with E-state index in [0.29, 0.717) is 12.2 Å². The SMILES string of the molecule is O=C(O)c1ccc(C(=O)/C=C/c2cc(-c3cccs3)ccc2OCCCN2CCOCC2)cc1. The molecule has 0 radical (unpaired) electrons. The highest BCUT2D eigenvalue weighted by atomic mass is 32.1. The van der Waals surface area contributed by atoms with Gasteiger partial charge in [0, 0.05) is 35.6 Å². The number of hydrogen-bond acceptors (Lipinski definition) is 6. The maximum Gasteiger partial charge on any atom is 0.335 e. The Labute approximate surface area is 203 Å². The molecule has 0 unspecified atom stereocenters. The number of allylic oxidation sites excluding steroid dienone is 1. The van der Waals surface area contributed by atoms with Crippen LogP contribution in [0.3, 0.4) is 0 Å². The number of benzene rings is 2. The third kappa shape index (κ3) is 6.41. The monoisotopic (exact) mass is 477 g/mol. The molecule has 3 aromatic rings. The van der Waals surface area contributed by atoms with Crippen molar-refractivity contribution in [1.82, 2.24) is 4.90 Å². The molecule has 1 N–H and O–H groups in total. The molecule has 1 aromatic heterocycles. The average molecular weight is 478 g/mol. The number of ether oxygens (including phenoxy) is 2. The van der Waals surface area contributed by atoms with Gasteiger partial charge in [0.15, 0.2) is 5.78 Å². The summed E-state index contributed by atoms with van der Waals surface area (Å²) in [4.78, 5) is 27.2. The lowest BCUT2D eigenvalue weighted by molar-refractivity contribution is 0.0358. The molecule has 0 aliphatic carbocycles. The second kappa shape index (κ2) is 11.7. The van der Waals surface area contributed by atoms with Crippen molar-refractivity contribution in [2.24, 2.45) is 0 Å². The van der Waals surface area contributed by atoms with Crippen molar-refractivity contribution in [2.45, 2.75) is 6.42 Å². The van der Waals surface area contributed by atoms with E-state index >= 15 is 0 Å². The van der Waals surface area contributed by atoms with Gasteiger partial charge in [-0.1, -0.05) is 18.2 Å². The van der Waals surface area contributed by atoms with Crippen LogP contribution in [0.1, 0.15) is 32.7 Å². The van der Waals surface area contributed by atoms with Gasteiger partial charge >= 0.3 is 5.97 Å². The Kier molecular flexibility index (Phi) is 8.25. The molecular weight excluding hydrogens is 450 g/mol. The lowest BCUT2D eigenvalue weighted by Crippen LogP contribution is -2.37. The summed E-state index contributed by atoms with van der Waals surface area (Å²) >= 11 is 1.66. The van der Waals surface area contributed by atoms with Gasteiger partial charge < -0.3 is 14.6 Å². The van der Waals surface area contributed by atoms with E-state index in [0.717, 1.165) is 61.0 Å². The number of ketones is 1. The van der Waals surface area contributed by atoms with E-state index in [2.05, 4.69) is 11.0 Å². The first-order chi connectivity index (χ1) is 16.6. The molecule has 1 saturated heterocycles. The third-order valence-electron chi connectivity index (χ3n) is 5.63. The van der Waals surface area contributed by atoms with Crippen molar-refractivity contribution in [1.29, 1.82) is 0 Å². The van der Waals surface area contributed by atoms with Crippen LogP contribution in [-0.2, 0) is 4.74 Å².